The molecule has 0 aliphatic carbocycles. The van der Waals surface area contributed by atoms with Gasteiger partial charge in [-0.15, -0.1) is 0 Å². The lowest BCUT2D eigenvalue weighted by Gasteiger charge is -2.09. The van der Waals surface area contributed by atoms with Gasteiger partial charge in [0, 0.05) is 6.07 Å². The zero-order valence-electron chi connectivity index (χ0n) is 11.8. The molecule has 0 aliphatic rings. The van der Waals surface area contributed by atoms with Gasteiger partial charge in [-0.05, 0) is 82.6 Å². The standard InChI is InChI=1S/C17H15NO2S/c1-11-9-14(10-13-5-8-16(19)18-17(11)13)12-3-6-15(7-4-12)21(2)20/h3-10H,1-2H3,(H,18,19). The van der Waals surface area contributed by atoms with E-state index in [2.05, 4.69) is 17.1 Å². The second-order valence-corrected chi connectivity index (χ2v) is 6.44. The van der Waals surface area contributed by atoms with E-state index in [1.807, 2.05) is 37.3 Å². The van der Waals surface area contributed by atoms with Crippen LogP contribution in [0.15, 0.2) is 58.2 Å². The van der Waals surface area contributed by atoms with Crippen molar-refractivity contribution in [3.63, 3.8) is 0 Å². The molecule has 3 rings (SSSR count). The van der Waals surface area contributed by atoms with Crippen LogP contribution in [-0.4, -0.2) is 15.8 Å². The third-order valence-electron chi connectivity index (χ3n) is 3.55. The third-order valence-corrected chi connectivity index (χ3v) is 4.48. The third kappa shape index (κ3) is 2.73. The second kappa shape index (κ2) is 5.39. The van der Waals surface area contributed by atoms with Crippen molar-refractivity contribution in [1.29, 1.82) is 0 Å². The van der Waals surface area contributed by atoms with Crippen LogP contribution in [0.2, 0.25) is 0 Å². The molecule has 1 heterocycles. The number of aromatic nitrogens is 1. The van der Waals surface area contributed by atoms with Gasteiger partial charge in [0.2, 0.25) is 5.56 Å². The van der Waals surface area contributed by atoms with Crippen LogP contribution in [0.25, 0.3) is 22.0 Å². The molecular formula is C17H15NO2S. The van der Waals surface area contributed by atoms with Crippen LogP contribution in [0.4, 0.5) is 0 Å². The number of nitrogens with one attached hydrogen (secondary N) is 1. The highest BCUT2D eigenvalue weighted by molar-refractivity contribution is 7.90. The Kier molecular flexibility index (Phi) is 3.57. The van der Waals surface area contributed by atoms with Crippen LogP contribution in [0.5, 0.6) is 0 Å². The topological polar surface area (TPSA) is 55.9 Å². The molecule has 1 aromatic heterocycles. The molecule has 0 spiro atoms. The summed E-state index contributed by atoms with van der Waals surface area (Å²) >= 11 is -0.963. The summed E-state index contributed by atoms with van der Waals surface area (Å²) in [5.74, 6) is 0. The molecule has 1 atom stereocenters. The number of aromatic amines is 1. The first-order chi connectivity index (χ1) is 10.0. The van der Waals surface area contributed by atoms with E-state index >= 15 is 0 Å². The minimum Gasteiger partial charge on any atom is -0.612 e. The van der Waals surface area contributed by atoms with Gasteiger partial charge in [-0.2, -0.15) is 0 Å². The fourth-order valence-electron chi connectivity index (χ4n) is 2.45. The summed E-state index contributed by atoms with van der Waals surface area (Å²) in [5.41, 5.74) is 3.97. The molecule has 0 radical (unpaired) electrons. The van der Waals surface area contributed by atoms with Crippen LogP contribution < -0.4 is 5.56 Å². The van der Waals surface area contributed by atoms with Crippen LogP contribution in [-0.2, 0) is 11.2 Å². The number of hydrogen-bond acceptors (Lipinski definition) is 2. The van der Waals surface area contributed by atoms with Crippen molar-refractivity contribution in [2.24, 2.45) is 0 Å². The SMILES string of the molecule is Cc1cc(-c2ccc([S+](C)[O-])cc2)cc2ccc(=O)[nH]c12. The van der Waals surface area contributed by atoms with Crippen LogP contribution in [0.1, 0.15) is 5.56 Å². The quantitative estimate of drug-likeness (QED) is 0.738. The van der Waals surface area contributed by atoms with E-state index in [0.29, 0.717) is 0 Å². The molecule has 21 heavy (non-hydrogen) atoms. The average Bonchev–Trinajstić information content (AvgIpc) is 2.48. The fraction of sp³-hybridized carbons (Fsp3) is 0.118. The Morgan fingerprint density at radius 2 is 1.71 bits per heavy atom. The smallest absolute Gasteiger partial charge is 0.248 e. The Morgan fingerprint density at radius 1 is 1.00 bits per heavy atom. The Balaban J connectivity index is 2.12. The number of H-pyrrole nitrogens is 1. The van der Waals surface area contributed by atoms with Crippen molar-refractivity contribution in [3.8, 4) is 11.1 Å². The summed E-state index contributed by atoms with van der Waals surface area (Å²) < 4.78 is 11.4. The van der Waals surface area contributed by atoms with Gasteiger partial charge in [0.15, 0.2) is 4.90 Å². The van der Waals surface area contributed by atoms with E-state index in [0.717, 1.165) is 32.5 Å². The molecule has 3 nitrogen and oxygen atoms in total. The zero-order valence-corrected chi connectivity index (χ0v) is 12.7. The van der Waals surface area contributed by atoms with E-state index in [-0.39, 0.29) is 5.56 Å². The number of benzene rings is 2. The molecule has 1 N–H and O–H groups in total. The summed E-state index contributed by atoms with van der Waals surface area (Å²) in [7, 11) is 0. The Hall–Kier alpha value is -2.04. The van der Waals surface area contributed by atoms with Crippen LogP contribution in [0, 0.1) is 6.92 Å². The molecule has 0 bridgehead atoms. The first kappa shape index (κ1) is 13.9. The van der Waals surface area contributed by atoms with E-state index in [9.17, 15) is 9.35 Å². The molecule has 1 unspecified atom stereocenters. The van der Waals surface area contributed by atoms with Gasteiger partial charge < -0.3 is 9.54 Å². The number of fused-ring (bicyclic) bond motifs is 1. The maximum absolute atomic E-state index is 11.4. The van der Waals surface area contributed by atoms with Crippen molar-refractivity contribution >= 4 is 22.1 Å². The van der Waals surface area contributed by atoms with Gasteiger partial charge in [0.25, 0.3) is 0 Å². The van der Waals surface area contributed by atoms with Crippen molar-refractivity contribution in [2.45, 2.75) is 11.8 Å². The van der Waals surface area contributed by atoms with Crippen molar-refractivity contribution in [1.82, 2.24) is 4.98 Å². The van der Waals surface area contributed by atoms with Gasteiger partial charge in [-0.3, -0.25) is 4.79 Å². The van der Waals surface area contributed by atoms with Gasteiger partial charge in [-0.25, -0.2) is 0 Å². The Morgan fingerprint density at radius 3 is 2.38 bits per heavy atom. The molecule has 0 amide bonds. The highest BCUT2D eigenvalue weighted by Gasteiger charge is 2.07. The molecule has 0 saturated heterocycles. The summed E-state index contributed by atoms with van der Waals surface area (Å²) in [6.07, 6.45) is 1.67. The number of pyridine rings is 1. The second-order valence-electron chi connectivity index (χ2n) is 5.06. The van der Waals surface area contributed by atoms with Crippen LogP contribution >= 0.6 is 0 Å². The van der Waals surface area contributed by atoms with Crippen LogP contribution in [0.3, 0.4) is 0 Å². The van der Waals surface area contributed by atoms with Crippen molar-refractivity contribution in [2.75, 3.05) is 6.26 Å². The van der Waals surface area contributed by atoms with E-state index in [1.54, 1.807) is 6.26 Å². The lowest BCUT2D eigenvalue weighted by Crippen LogP contribution is -2.03. The summed E-state index contributed by atoms with van der Waals surface area (Å²) in [6, 6.07) is 15.2. The molecule has 2 aromatic carbocycles. The maximum atomic E-state index is 11.4. The van der Waals surface area contributed by atoms with E-state index in [1.165, 1.54) is 6.07 Å². The molecular weight excluding hydrogens is 282 g/mol. The largest absolute Gasteiger partial charge is 0.612 e. The molecule has 0 aliphatic heterocycles. The summed E-state index contributed by atoms with van der Waals surface area (Å²) in [5, 5.41) is 1.01. The first-order valence-electron chi connectivity index (χ1n) is 6.62. The maximum Gasteiger partial charge on any atom is 0.248 e. The molecule has 3 aromatic rings. The van der Waals surface area contributed by atoms with Crippen molar-refractivity contribution < 1.29 is 4.55 Å². The normalized spacial score (nSPS) is 12.5. The highest BCUT2D eigenvalue weighted by Crippen LogP contribution is 2.26. The minimum absolute atomic E-state index is 0.0897. The fourth-order valence-corrected chi connectivity index (χ4v) is 2.97. The first-order valence-corrected chi connectivity index (χ1v) is 8.18. The summed E-state index contributed by atoms with van der Waals surface area (Å²) in [4.78, 5) is 15.1. The van der Waals surface area contributed by atoms with E-state index in [4.69, 9.17) is 0 Å². The van der Waals surface area contributed by atoms with Gasteiger partial charge in [0.1, 0.15) is 6.26 Å². The predicted molar refractivity (Wildman–Crippen MR) is 87.1 cm³/mol. The van der Waals surface area contributed by atoms with Gasteiger partial charge in [0.05, 0.1) is 5.52 Å². The monoisotopic (exact) mass is 297 g/mol. The number of rotatable bonds is 2. The number of hydrogen-bond donors (Lipinski definition) is 1. The molecule has 0 saturated carbocycles. The number of aryl methyl sites for hydroxylation is 1. The van der Waals surface area contributed by atoms with Gasteiger partial charge in [-0.1, -0.05) is 0 Å². The minimum atomic E-state index is -0.963. The lowest BCUT2D eigenvalue weighted by atomic mass is 10.0. The van der Waals surface area contributed by atoms with Crippen molar-refractivity contribution in [3.05, 3.63) is 64.4 Å². The Labute approximate surface area is 125 Å². The van der Waals surface area contributed by atoms with Gasteiger partial charge >= 0.3 is 0 Å². The highest BCUT2D eigenvalue weighted by atomic mass is 32.2. The molecule has 0 fully saturated rings. The lowest BCUT2D eigenvalue weighted by molar-refractivity contribution is 0.601. The average molecular weight is 297 g/mol. The zero-order chi connectivity index (χ0) is 15.0. The Bertz CT molecular complexity index is 851. The van der Waals surface area contributed by atoms with E-state index < -0.39 is 11.2 Å². The molecule has 106 valence electrons. The predicted octanol–water partition coefficient (Wildman–Crippen LogP) is 3.24. The summed E-state index contributed by atoms with van der Waals surface area (Å²) in [6.45, 7) is 1.98. The molecule has 4 heteroatoms.